The predicted molar refractivity (Wildman–Crippen MR) is 63.2 cm³/mol. The SMILES string of the molecule is CCCCCOc1ccc(F)cc1C=NN. The molecular weight excluding hydrogens is 207 g/mol. The van der Waals surface area contributed by atoms with Gasteiger partial charge in [-0.3, -0.25) is 0 Å². The van der Waals surface area contributed by atoms with Gasteiger partial charge in [0.1, 0.15) is 11.6 Å². The van der Waals surface area contributed by atoms with Crippen LogP contribution in [0.2, 0.25) is 0 Å². The summed E-state index contributed by atoms with van der Waals surface area (Å²) >= 11 is 0. The van der Waals surface area contributed by atoms with Crippen LogP contribution < -0.4 is 10.6 Å². The first kappa shape index (κ1) is 12.5. The minimum atomic E-state index is -0.323. The second kappa shape index (κ2) is 6.82. The van der Waals surface area contributed by atoms with Crippen LogP contribution in [0, 0.1) is 5.82 Å². The van der Waals surface area contributed by atoms with E-state index >= 15 is 0 Å². The number of nitrogens with two attached hydrogens (primary N) is 1. The molecule has 0 amide bonds. The van der Waals surface area contributed by atoms with Crippen LogP contribution >= 0.6 is 0 Å². The first-order valence-corrected chi connectivity index (χ1v) is 5.43. The fourth-order valence-electron chi connectivity index (χ4n) is 1.37. The summed E-state index contributed by atoms with van der Waals surface area (Å²) in [6.45, 7) is 2.76. The Morgan fingerprint density at radius 1 is 1.44 bits per heavy atom. The molecule has 0 saturated heterocycles. The number of unbranched alkanes of at least 4 members (excludes halogenated alkanes) is 2. The summed E-state index contributed by atoms with van der Waals surface area (Å²) in [5.41, 5.74) is 0.569. The molecule has 2 N–H and O–H groups in total. The lowest BCUT2D eigenvalue weighted by Gasteiger charge is -2.08. The highest BCUT2D eigenvalue weighted by Gasteiger charge is 2.03. The molecule has 0 heterocycles. The van der Waals surface area contributed by atoms with Gasteiger partial charge in [-0.1, -0.05) is 19.8 Å². The van der Waals surface area contributed by atoms with Crippen LogP contribution in [-0.4, -0.2) is 12.8 Å². The molecule has 0 aliphatic heterocycles. The lowest BCUT2D eigenvalue weighted by Crippen LogP contribution is -2.01. The zero-order chi connectivity index (χ0) is 11.8. The van der Waals surface area contributed by atoms with Crippen LogP contribution in [-0.2, 0) is 0 Å². The molecule has 1 rings (SSSR count). The second-order valence-corrected chi connectivity index (χ2v) is 3.52. The minimum Gasteiger partial charge on any atom is -0.493 e. The largest absolute Gasteiger partial charge is 0.493 e. The molecule has 0 fully saturated rings. The first-order valence-electron chi connectivity index (χ1n) is 5.43. The van der Waals surface area contributed by atoms with Crippen LogP contribution in [0.1, 0.15) is 31.7 Å². The minimum absolute atomic E-state index is 0.323. The maximum atomic E-state index is 13.0. The first-order chi connectivity index (χ1) is 7.77. The Kier molecular flexibility index (Phi) is 5.32. The standard InChI is InChI=1S/C12H17FN2O/c1-2-3-4-7-16-12-6-5-11(13)8-10(12)9-15-14/h5-6,8-9H,2-4,7,14H2,1H3. The van der Waals surface area contributed by atoms with Gasteiger partial charge in [-0.15, -0.1) is 0 Å². The van der Waals surface area contributed by atoms with Gasteiger partial charge in [-0.25, -0.2) is 4.39 Å². The van der Waals surface area contributed by atoms with Crippen molar-refractivity contribution in [2.24, 2.45) is 10.9 Å². The lowest BCUT2D eigenvalue weighted by atomic mass is 10.2. The van der Waals surface area contributed by atoms with Gasteiger partial charge < -0.3 is 10.6 Å². The van der Waals surface area contributed by atoms with Crippen LogP contribution in [0.25, 0.3) is 0 Å². The quantitative estimate of drug-likeness (QED) is 0.349. The van der Waals surface area contributed by atoms with Crippen LogP contribution in [0.4, 0.5) is 4.39 Å². The molecule has 3 nitrogen and oxygen atoms in total. The van der Waals surface area contributed by atoms with Crippen LogP contribution in [0.5, 0.6) is 5.75 Å². The topological polar surface area (TPSA) is 47.6 Å². The Morgan fingerprint density at radius 2 is 2.25 bits per heavy atom. The van der Waals surface area contributed by atoms with Crippen molar-refractivity contribution in [2.75, 3.05) is 6.61 Å². The van der Waals surface area contributed by atoms with Crippen molar-refractivity contribution >= 4 is 6.21 Å². The van der Waals surface area contributed by atoms with Crippen molar-refractivity contribution in [1.82, 2.24) is 0 Å². The third kappa shape index (κ3) is 3.88. The van der Waals surface area contributed by atoms with E-state index in [1.807, 2.05) is 0 Å². The maximum absolute atomic E-state index is 13.0. The van der Waals surface area contributed by atoms with Crippen molar-refractivity contribution in [3.05, 3.63) is 29.6 Å². The summed E-state index contributed by atoms with van der Waals surface area (Å²) < 4.78 is 18.5. The zero-order valence-electron chi connectivity index (χ0n) is 9.45. The second-order valence-electron chi connectivity index (χ2n) is 3.52. The van der Waals surface area contributed by atoms with Gasteiger partial charge in [0.2, 0.25) is 0 Å². The van der Waals surface area contributed by atoms with Crippen molar-refractivity contribution in [2.45, 2.75) is 26.2 Å². The maximum Gasteiger partial charge on any atom is 0.128 e. The molecule has 0 aliphatic rings. The molecule has 1 aromatic rings. The van der Waals surface area contributed by atoms with E-state index in [2.05, 4.69) is 12.0 Å². The summed E-state index contributed by atoms with van der Waals surface area (Å²) in [6.07, 6.45) is 4.65. The smallest absolute Gasteiger partial charge is 0.128 e. The normalized spacial score (nSPS) is 10.9. The number of hydrogen-bond acceptors (Lipinski definition) is 3. The third-order valence-electron chi connectivity index (χ3n) is 2.19. The monoisotopic (exact) mass is 224 g/mol. The Labute approximate surface area is 95.1 Å². The summed E-state index contributed by atoms with van der Waals surface area (Å²) in [6, 6.07) is 4.31. The average molecular weight is 224 g/mol. The molecule has 0 aromatic heterocycles. The number of halogens is 1. The Balaban J connectivity index is 2.63. The van der Waals surface area contributed by atoms with E-state index in [1.165, 1.54) is 18.3 Å². The molecule has 0 bridgehead atoms. The predicted octanol–water partition coefficient (Wildman–Crippen LogP) is 2.69. The molecule has 0 saturated carbocycles. The molecule has 0 spiro atoms. The Bertz CT molecular complexity index is 353. The zero-order valence-corrected chi connectivity index (χ0v) is 9.45. The molecule has 0 radical (unpaired) electrons. The van der Waals surface area contributed by atoms with E-state index in [1.54, 1.807) is 6.07 Å². The number of hydrogen-bond donors (Lipinski definition) is 1. The van der Waals surface area contributed by atoms with Gasteiger partial charge in [0, 0.05) is 5.56 Å². The van der Waals surface area contributed by atoms with Crippen molar-refractivity contribution in [1.29, 1.82) is 0 Å². The van der Waals surface area contributed by atoms with Gasteiger partial charge in [0.05, 0.1) is 12.8 Å². The van der Waals surface area contributed by atoms with E-state index in [0.717, 1.165) is 19.3 Å². The number of benzene rings is 1. The summed E-state index contributed by atoms with van der Waals surface area (Å²) in [4.78, 5) is 0. The van der Waals surface area contributed by atoms with Crippen molar-refractivity contribution in [3.8, 4) is 5.75 Å². The number of hydrazone groups is 1. The summed E-state index contributed by atoms with van der Waals surface area (Å²) in [5, 5.41) is 3.38. The lowest BCUT2D eigenvalue weighted by molar-refractivity contribution is 0.305. The molecule has 4 heteroatoms. The van der Waals surface area contributed by atoms with E-state index in [0.29, 0.717) is 17.9 Å². The van der Waals surface area contributed by atoms with Gasteiger partial charge in [0.25, 0.3) is 0 Å². The van der Waals surface area contributed by atoms with E-state index < -0.39 is 0 Å². The molecule has 88 valence electrons. The molecule has 0 aliphatic carbocycles. The highest BCUT2D eigenvalue weighted by Crippen LogP contribution is 2.18. The van der Waals surface area contributed by atoms with Crippen LogP contribution in [0.15, 0.2) is 23.3 Å². The average Bonchev–Trinajstić information content (AvgIpc) is 2.27. The van der Waals surface area contributed by atoms with Crippen molar-refractivity contribution in [3.63, 3.8) is 0 Å². The molecule has 1 aromatic carbocycles. The highest BCUT2D eigenvalue weighted by molar-refractivity contribution is 5.83. The Morgan fingerprint density at radius 3 is 2.94 bits per heavy atom. The fourth-order valence-corrected chi connectivity index (χ4v) is 1.37. The molecule has 0 atom stereocenters. The van der Waals surface area contributed by atoms with E-state index in [9.17, 15) is 4.39 Å². The van der Waals surface area contributed by atoms with Crippen molar-refractivity contribution < 1.29 is 9.13 Å². The third-order valence-corrected chi connectivity index (χ3v) is 2.19. The van der Waals surface area contributed by atoms with Gasteiger partial charge in [-0.05, 0) is 24.6 Å². The van der Waals surface area contributed by atoms with E-state index in [4.69, 9.17) is 10.6 Å². The van der Waals surface area contributed by atoms with Crippen LogP contribution in [0.3, 0.4) is 0 Å². The number of rotatable bonds is 6. The fraction of sp³-hybridized carbons (Fsp3) is 0.417. The number of ether oxygens (including phenoxy) is 1. The molecular formula is C12H17FN2O. The number of nitrogens with zero attached hydrogens (tertiary/aromatic N) is 1. The van der Waals surface area contributed by atoms with Gasteiger partial charge >= 0.3 is 0 Å². The van der Waals surface area contributed by atoms with Gasteiger partial charge in [-0.2, -0.15) is 5.10 Å². The molecule has 0 unspecified atom stereocenters. The summed E-state index contributed by atoms with van der Waals surface area (Å²) in [7, 11) is 0. The molecule has 16 heavy (non-hydrogen) atoms. The Hall–Kier alpha value is -1.58. The van der Waals surface area contributed by atoms with Gasteiger partial charge in [0.15, 0.2) is 0 Å². The van der Waals surface area contributed by atoms with E-state index in [-0.39, 0.29) is 5.82 Å². The highest BCUT2D eigenvalue weighted by atomic mass is 19.1. The summed E-state index contributed by atoms with van der Waals surface area (Å²) in [5.74, 6) is 5.34.